The molecule has 110 valence electrons. The molecule has 3 aromatic rings. The number of aryl methyl sites for hydroxylation is 1. The minimum atomic E-state index is -0.535. The first-order chi connectivity index (χ1) is 10.8. The summed E-state index contributed by atoms with van der Waals surface area (Å²) >= 11 is 0. The highest BCUT2D eigenvalue weighted by molar-refractivity contribution is 7.79. The van der Waals surface area contributed by atoms with E-state index in [1.54, 1.807) is 7.11 Å². The molecule has 0 aliphatic carbocycles. The van der Waals surface area contributed by atoms with E-state index in [9.17, 15) is 0 Å². The topological polar surface area (TPSA) is 9.23 Å². The molecule has 22 heavy (non-hydrogen) atoms. The predicted molar refractivity (Wildman–Crippen MR) is 96.4 cm³/mol. The van der Waals surface area contributed by atoms with Crippen molar-refractivity contribution in [1.29, 1.82) is 0 Å². The molecule has 0 amide bonds. The Morgan fingerprint density at radius 3 is 1.68 bits per heavy atom. The van der Waals surface area contributed by atoms with Crippen LogP contribution in [0.4, 0.5) is 0 Å². The van der Waals surface area contributed by atoms with Crippen molar-refractivity contribution in [3.63, 3.8) is 0 Å². The standard InChI is InChI=1S/C20H19OP/c1-16-15-19(13-14-20(16)21-2)22(17-9-5-3-6-10-17)18-11-7-4-8-12-18/h3-15H,1-2H3. The molecule has 0 saturated heterocycles. The van der Waals surface area contributed by atoms with Gasteiger partial charge in [-0.3, -0.25) is 0 Å². The van der Waals surface area contributed by atoms with Gasteiger partial charge in [-0.25, -0.2) is 0 Å². The molecule has 1 nitrogen and oxygen atoms in total. The van der Waals surface area contributed by atoms with Gasteiger partial charge in [0.1, 0.15) is 5.75 Å². The van der Waals surface area contributed by atoms with Crippen LogP contribution in [0.25, 0.3) is 0 Å². The lowest BCUT2D eigenvalue weighted by molar-refractivity contribution is 0.412. The molecular formula is C20H19OP. The number of hydrogen-bond donors (Lipinski definition) is 0. The summed E-state index contributed by atoms with van der Waals surface area (Å²) in [4.78, 5) is 0. The molecule has 2 heteroatoms. The van der Waals surface area contributed by atoms with Crippen molar-refractivity contribution in [1.82, 2.24) is 0 Å². The van der Waals surface area contributed by atoms with Gasteiger partial charge in [-0.15, -0.1) is 0 Å². The van der Waals surface area contributed by atoms with Crippen LogP contribution in [0.5, 0.6) is 5.75 Å². The molecule has 0 spiro atoms. The van der Waals surface area contributed by atoms with Gasteiger partial charge in [0.15, 0.2) is 0 Å². The number of ether oxygens (including phenoxy) is 1. The minimum Gasteiger partial charge on any atom is -0.496 e. The third kappa shape index (κ3) is 3.05. The molecule has 0 heterocycles. The molecule has 0 N–H and O–H groups in total. The van der Waals surface area contributed by atoms with Gasteiger partial charge in [-0.2, -0.15) is 0 Å². The first-order valence-electron chi connectivity index (χ1n) is 7.34. The van der Waals surface area contributed by atoms with Gasteiger partial charge in [0.05, 0.1) is 7.11 Å². The van der Waals surface area contributed by atoms with E-state index in [2.05, 4.69) is 85.8 Å². The van der Waals surface area contributed by atoms with Gasteiger partial charge in [0, 0.05) is 0 Å². The summed E-state index contributed by atoms with van der Waals surface area (Å²) < 4.78 is 5.40. The van der Waals surface area contributed by atoms with Crippen molar-refractivity contribution in [2.24, 2.45) is 0 Å². The largest absolute Gasteiger partial charge is 0.496 e. The van der Waals surface area contributed by atoms with E-state index in [1.807, 2.05) is 0 Å². The van der Waals surface area contributed by atoms with Crippen LogP contribution in [0.1, 0.15) is 5.56 Å². The molecule has 0 radical (unpaired) electrons. The fourth-order valence-electron chi connectivity index (χ4n) is 2.60. The Morgan fingerprint density at radius 2 is 1.23 bits per heavy atom. The molecule has 0 saturated carbocycles. The first-order valence-corrected chi connectivity index (χ1v) is 8.68. The SMILES string of the molecule is COc1ccc(P(c2ccccc2)c2ccccc2)cc1C. The minimum absolute atomic E-state index is 0.535. The maximum Gasteiger partial charge on any atom is 0.121 e. The number of methoxy groups -OCH3 is 1. The highest BCUT2D eigenvalue weighted by Crippen LogP contribution is 2.33. The van der Waals surface area contributed by atoms with Crippen LogP contribution in [0, 0.1) is 6.92 Å². The second-order valence-electron chi connectivity index (χ2n) is 5.16. The molecule has 0 bridgehead atoms. The third-order valence-corrected chi connectivity index (χ3v) is 6.09. The van der Waals surface area contributed by atoms with Crippen molar-refractivity contribution in [3.05, 3.63) is 84.4 Å². The van der Waals surface area contributed by atoms with Crippen LogP contribution in [0.3, 0.4) is 0 Å². The van der Waals surface area contributed by atoms with E-state index in [-0.39, 0.29) is 0 Å². The van der Waals surface area contributed by atoms with Crippen LogP contribution in [-0.2, 0) is 0 Å². The Kier molecular flexibility index (Phi) is 4.56. The van der Waals surface area contributed by atoms with Crippen LogP contribution in [-0.4, -0.2) is 7.11 Å². The van der Waals surface area contributed by atoms with E-state index in [1.165, 1.54) is 21.5 Å². The quantitative estimate of drug-likeness (QED) is 0.667. The second-order valence-corrected chi connectivity index (χ2v) is 7.38. The van der Waals surface area contributed by atoms with Crippen LogP contribution >= 0.6 is 7.92 Å². The number of benzene rings is 3. The second kappa shape index (κ2) is 6.77. The van der Waals surface area contributed by atoms with E-state index in [0.717, 1.165) is 5.75 Å². The summed E-state index contributed by atoms with van der Waals surface area (Å²) in [6.07, 6.45) is 0. The first kappa shape index (κ1) is 14.8. The normalized spacial score (nSPS) is 10.7. The molecular weight excluding hydrogens is 287 g/mol. The molecule has 0 aliphatic heterocycles. The summed E-state index contributed by atoms with van der Waals surface area (Å²) in [5.74, 6) is 0.944. The summed E-state index contributed by atoms with van der Waals surface area (Å²) in [6.45, 7) is 2.10. The average Bonchev–Trinajstić information content (AvgIpc) is 2.57. The summed E-state index contributed by atoms with van der Waals surface area (Å²) in [6, 6.07) is 28.0. The van der Waals surface area contributed by atoms with Crippen LogP contribution < -0.4 is 20.7 Å². The summed E-state index contributed by atoms with van der Waals surface area (Å²) in [5.41, 5.74) is 1.18. The van der Waals surface area contributed by atoms with Gasteiger partial charge in [-0.05, 0) is 48.5 Å². The summed E-state index contributed by atoms with van der Waals surface area (Å²) in [5, 5.41) is 4.09. The smallest absolute Gasteiger partial charge is 0.121 e. The monoisotopic (exact) mass is 306 g/mol. The zero-order valence-corrected chi connectivity index (χ0v) is 13.8. The molecule has 3 aromatic carbocycles. The molecule has 3 rings (SSSR count). The Morgan fingerprint density at radius 1 is 0.682 bits per heavy atom. The number of rotatable bonds is 4. The lowest BCUT2D eigenvalue weighted by atomic mass is 10.2. The summed E-state index contributed by atoms with van der Waals surface area (Å²) in [7, 11) is 1.19. The molecule has 0 atom stereocenters. The fraction of sp³-hybridized carbons (Fsp3) is 0.100. The maximum atomic E-state index is 5.40. The van der Waals surface area contributed by atoms with Crippen molar-refractivity contribution >= 4 is 23.8 Å². The van der Waals surface area contributed by atoms with Crippen LogP contribution in [0.2, 0.25) is 0 Å². The van der Waals surface area contributed by atoms with Crippen molar-refractivity contribution < 1.29 is 4.74 Å². The molecule has 0 unspecified atom stereocenters. The van der Waals surface area contributed by atoms with Crippen LogP contribution in [0.15, 0.2) is 78.9 Å². The van der Waals surface area contributed by atoms with Gasteiger partial charge in [-0.1, -0.05) is 66.7 Å². The Labute approximate surface area is 133 Å². The lowest BCUT2D eigenvalue weighted by Crippen LogP contribution is -2.20. The van der Waals surface area contributed by atoms with Gasteiger partial charge >= 0.3 is 0 Å². The van der Waals surface area contributed by atoms with E-state index < -0.39 is 7.92 Å². The fourth-order valence-corrected chi connectivity index (χ4v) is 4.98. The van der Waals surface area contributed by atoms with Gasteiger partial charge < -0.3 is 4.74 Å². The zero-order chi connectivity index (χ0) is 15.4. The van der Waals surface area contributed by atoms with Gasteiger partial charge in [0.2, 0.25) is 0 Å². The Bertz CT molecular complexity index is 699. The Hall–Kier alpha value is -2.11. The van der Waals surface area contributed by atoms with Crippen molar-refractivity contribution in [2.45, 2.75) is 6.92 Å². The van der Waals surface area contributed by atoms with Crippen molar-refractivity contribution in [2.75, 3.05) is 7.11 Å². The van der Waals surface area contributed by atoms with Gasteiger partial charge in [0.25, 0.3) is 0 Å². The molecule has 0 fully saturated rings. The van der Waals surface area contributed by atoms with E-state index in [0.29, 0.717) is 0 Å². The molecule has 0 aliphatic rings. The predicted octanol–water partition coefficient (Wildman–Crippen LogP) is 3.76. The zero-order valence-electron chi connectivity index (χ0n) is 12.9. The third-order valence-electron chi connectivity index (χ3n) is 3.67. The molecule has 0 aromatic heterocycles. The average molecular weight is 306 g/mol. The maximum absolute atomic E-state index is 5.40. The Balaban J connectivity index is 2.12. The van der Waals surface area contributed by atoms with E-state index in [4.69, 9.17) is 4.74 Å². The van der Waals surface area contributed by atoms with Crippen molar-refractivity contribution in [3.8, 4) is 5.75 Å². The highest BCUT2D eigenvalue weighted by atomic mass is 31.1. The highest BCUT2D eigenvalue weighted by Gasteiger charge is 2.16. The number of hydrogen-bond acceptors (Lipinski definition) is 1. The van der Waals surface area contributed by atoms with E-state index >= 15 is 0 Å². The lowest BCUT2D eigenvalue weighted by Gasteiger charge is -2.20.